The fourth-order valence-electron chi connectivity index (χ4n) is 2.46. The Bertz CT molecular complexity index is 937. The number of aromatic nitrogens is 1. The molecule has 0 aliphatic rings. The smallest absolute Gasteiger partial charge is 0.294 e. The van der Waals surface area contributed by atoms with Gasteiger partial charge in [0.05, 0.1) is 10.4 Å². The first-order valence-electron chi connectivity index (χ1n) is 8.24. The Hall–Kier alpha value is -3.09. The van der Waals surface area contributed by atoms with E-state index in [4.69, 9.17) is 4.74 Å². The minimum Gasteiger partial charge on any atom is -0.504 e. The SMILES string of the molecule is CC(C)=CCC/C(C)=C/COc1c(O)c2ccc([N+](=O)[O-])cc2[nH]c1=O. The van der Waals surface area contributed by atoms with Gasteiger partial charge in [0, 0.05) is 17.5 Å². The predicted molar refractivity (Wildman–Crippen MR) is 101 cm³/mol. The lowest BCUT2D eigenvalue weighted by Crippen LogP contribution is -2.12. The van der Waals surface area contributed by atoms with Crippen LogP contribution < -0.4 is 10.3 Å². The number of allylic oxidation sites excluding steroid dienone is 3. The van der Waals surface area contributed by atoms with E-state index in [9.17, 15) is 20.0 Å². The standard InChI is InChI=1S/C19H22N2O5/c1-12(2)5-4-6-13(3)9-10-26-18-17(22)15-8-7-14(21(24)25)11-16(15)20-19(18)23/h5,7-9,11H,4,6,10H2,1-3H3,(H2,20,22,23)/b13-9+. The van der Waals surface area contributed by atoms with Crippen molar-refractivity contribution in [2.45, 2.75) is 33.6 Å². The molecule has 1 heterocycles. The number of hydrogen-bond acceptors (Lipinski definition) is 5. The highest BCUT2D eigenvalue weighted by atomic mass is 16.6. The number of pyridine rings is 1. The number of aromatic hydroxyl groups is 1. The molecule has 0 spiro atoms. The van der Waals surface area contributed by atoms with Crippen molar-refractivity contribution in [3.05, 3.63) is 62.0 Å². The second kappa shape index (κ2) is 8.33. The number of ether oxygens (including phenoxy) is 1. The Labute approximate surface area is 150 Å². The number of benzene rings is 1. The molecule has 0 fully saturated rings. The number of fused-ring (bicyclic) bond motifs is 1. The fraction of sp³-hybridized carbons (Fsp3) is 0.316. The summed E-state index contributed by atoms with van der Waals surface area (Å²) >= 11 is 0. The van der Waals surface area contributed by atoms with Crippen LogP contribution in [0.5, 0.6) is 11.5 Å². The van der Waals surface area contributed by atoms with Crippen LogP contribution in [0.4, 0.5) is 5.69 Å². The number of nitrogens with one attached hydrogen (secondary N) is 1. The Kier molecular flexibility index (Phi) is 6.16. The average molecular weight is 358 g/mol. The summed E-state index contributed by atoms with van der Waals surface area (Å²) < 4.78 is 5.43. The molecule has 0 saturated heterocycles. The molecule has 7 heteroatoms. The van der Waals surface area contributed by atoms with Crippen molar-refractivity contribution in [1.82, 2.24) is 4.98 Å². The van der Waals surface area contributed by atoms with Crippen molar-refractivity contribution in [1.29, 1.82) is 0 Å². The second-order valence-corrected chi connectivity index (χ2v) is 6.30. The zero-order chi connectivity index (χ0) is 19.3. The Morgan fingerprint density at radius 1 is 1.31 bits per heavy atom. The first-order chi connectivity index (χ1) is 12.3. The summed E-state index contributed by atoms with van der Waals surface area (Å²) in [6.45, 7) is 6.22. The first kappa shape index (κ1) is 19.2. The van der Waals surface area contributed by atoms with E-state index in [1.54, 1.807) is 0 Å². The zero-order valence-electron chi connectivity index (χ0n) is 15.0. The quantitative estimate of drug-likeness (QED) is 0.438. The third-order valence-electron chi connectivity index (χ3n) is 3.89. The lowest BCUT2D eigenvalue weighted by atomic mass is 10.1. The fourth-order valence-corrected chi connectivity index (χ4v) is 2.46. The summed E-state index contributed by atoms with van der Waals surface area (Å²) in [6.07, 6.45) is 5.83. The van der Waals surface area contributed by atoms with Crippen LogP contribution in [-0.4, -0.2) is 21.6 Å². The van der Waals surface area contributed by atoms with Crippen LogP contribution in [0.2, 0.25) is 0 Å². The lowest BCUT2D eigenvalue weighted by molar-refractivity contribution is -0.384. The van der Waals surface area contributed by atoms with Gasteiger partial charge in [-0.3, -0.25) is 14.9 Å². The second-order valence-electron chi connectivity index (χ2n) is 6.30. The largest absolute Gasteiger partial charge is 0.504 e. The van der Waals surface area contributed by atoms with Gasteiger partial charge in [0.25, 0.3) is 11.2 Å². The number of nitro groups is 1. The van der Waals surface area contributed by atoms with Crippen molar-refractivity contribution in [2.75, 3.05) is 6.61 Å². The van der Waals surface area contributed by atoms with Gasteiger partial charge >= 0.3 is 0 Å². The number of non-ortho nitro benzene ring substituents is 1. The third kappa shape index (κ3) is 4.72. The van der Waals surface area contributed by atoms with Gasteiger partial charge in [0.2, 0.25) is 5.75 Å². The normalized spacial score (nSPS) is 11.4. The maximum absolute atomic E-state index is 12.1. The van der Waals surface area contributed by atoms with E-state index in [0.29, 0.717) is 0 Å². The molecule has 0 aliphatic carbocycles. The summed E-state index contributed by atoms with van der Waals surface area (Å²) in [5, 5.41) is 21.4. The zero-order valence-corrected chi connectivity index (χ0v) is 15.0. The molecule has 0 bridgehead atoms. The van der Waals surface area contributed by atoms with Gasteiger partial charge in [0.15, 0.2) is 5.75 Å². The summed E-state index contributed by atoms with van der Waals surface area (Å²) in [7, 11) is 0. The molecule has 1 aromatic heterocycles. The number of nitro benzene ring substituents is 1. The van der Waals surface area contributed by atoms with Gasteiger partial charge in [-0.15, -0.1) is 0 Å². The molecule has 2 N–H and O–H groups in total. The number of nitrogens with zero attached hydrogens (tertiary/aromatic N) is 1. The molecular weight excluding hydrogens is 336 g/mol. The van der Waals surface area contributed by atoms with E-state index in [0.717, 1.165) is 18.4 Å². The van der Waals surface area contributed by atoms with Gasteiger partial charge in [-0.2, -0.15) is 0 Å². The highest BCUT2D eigenvalue weighted by Gasteiger charge is 2.15. The van der Waals surface area contributed by atoms with Crippen LogP contribution in [0.3, 0.4) is 0 Å². The van der Waals surface area contributed by atoms with Crippen molar-refractivity contribution >= 4 is 16.6 Å². The van der Waals surface area contributed by atoms with E-state index >= 15 is 0 Å². The highest BCUT2D eigenvalue weighted by molar-refractivity contribution is 5.88. The molecule has 138 valence electrons. The lowest BCUT2D eigenvalue weighted by Gasteiger charge is -2.08. The summed E-state index contributed by atoms with van der Waals surface area (Å²) in [5.74, 6) is -0.519. The van der Waals surface area contributed by atoms with Crippen LogP contribution >= 0.6 is 0 Å². The van der Waals surface area contributed by atoms with E-state index < -0.39 is 10.5 Å². The van der Waals surface area contributed by atoms with Gasteiger partial charge < -0.3 is 14.8 Å². The van der Waals surface area contributed by atoms with Gasteiger partial charge in [-0.05, 0) is 45.8 Å². The van der Waals surface area contributed by atoms with Gasteiger partial charge in [-0.1, -0.05) is 17.2 Å². The molecule has 7 nitrogen and oxygen atoms in total. The maximum Gasteiger partial charge on any atom is 0.294 e. The van der Waals surface area contributed by atoms with Crippen molar-refractivity contribution in [3.8, 4) is 11.5 Å². The minimum atomic E-state index is -0.633. The number of aromatic amines is 1. The van der Waals surface area contributed by atoms with Crippen LogP contribution in [0.25, 0.3) is 10.9 Å². The molecule has 2 rings (SSSR count). The molecule has 1 aromatic carbocycles. The predicted octanol–water partition coefficient (Wildman–Crippen LogP) is 4.21. The third-order valence-corrected chi connectivity index (χ3v) is 3.89. The summed E-state index contributed by atoms with van der Waals surface area (Å²) in [5.41, 5.74) is 1.77. The minimum absolute atomic E-state index is 0.149. The molecule has 0 atom stereocenters. The molecular formula is C19H22N2O5. The molecule has 0 saturated carbocycles. The van der Waals surface area contributed by atoms with Gasteiger partial charge in [-0.25, -0.2) is 0 Å². The molecule has 0 amide bonds. The molecule has 26 heavy (non-hydrogen) atoms. The molecule has 0 radical (unpaired) electrons. The molecule has 0 unspecified atom stereocenters. The summed E-state index contributed by atoms with van der Waals surface area (Å²) in [4.78, 5) is 24.9. The molecule has 2 aromatic rings. The highest BCUT2D eigenvalue weighted by Crippen LogP contribution is 2.31. The first-order valence-corrected chi connectivity index (χ1v) is 8.24. The van der Waals surface area contributed by atoms with E-state index in [1.807, 2.05) is 26.8 Å². The Balaban J connectivity index is 2.17. The van der Waals surface area contributed by atoms with Crippen LogP contribution in [-0.2, 0) is 0 Å². The molecule has 0 aliphatic heterocycles. The Morgan fingerprint density at radius 3 is 2.69 bits per heavy atom. The van der Waals surface area contributed by atoms with Crippen LogP contribution in [0, 0.1) is 10.1 Å². The summed E-state index contributed by atoms with van der Waals surface area (Å²) in [6, 6.07) is 3.84. The average Bonchev–Trinajstić information content (AvgIpc) is 2.56. The van der Waals surface area contributed by atoms with Crippen molar-refractivity contribution in [3.63, 3.8) is 0 Å². The number of H-pyrrole nitrogens is 1. The van der Waals surface area contributed by atoms with Crippen molar-refractivity contribution in [2.24, 2.45) is 0 Å². The number of rotatable bonds is 7. The maximum atomic E-state index is 12.1. The van der Waals surface area contributed by atoms with E-state index in [-0.39, 0.29) is 34.7 Å². The number of hydrogen-bond donors (Lipinski definition) is 2. The van der Waals surface area contributed by atoms with E-state index in [1.165, 1.54) is 23.8 Å². The Morgan fingerprint density at radius 2 is 2.04 bits per heavy atom. The van der Waals surface area contributed by atoms with Crippen LogP contribution in [0.1, 0.15) is 33.6 Å². The van der Waals surface area contributed by atoms with Crippen molar-refractivity contribution < 1.29 is 14.8 Å². The van der Waals surface area contributed by atoms with Crippen LogP contribution in [0.15, 0.2) is 46.3 Å². The van der Waals surface area contributed by atoms with E-state index in [2.05, 4.69) is 11.1 Å². The monoisotopic (exact) mass is 358 g/mol. The topological polar surface area (TPSA) is 105 Å². The van der Waals surface area contributed by atoms with Gasteiger partial charge in [0.1, 0.15) is 6.61 Å².